The number of aliphatic hydroxyl groups is 1. The van der Waals surface area contributed by atoms with Crippen molar-refractivity contribution in [3.8, 4) is 11.5 Å². The number of primary amides is 1. The smallest absolute Gasteiger partial charge is 0.255 e. The third-order valence-electron chi connectivity index (χ3n) is 2.26. The summed E-state index contributed by atoms with van der Waals surface area (Å²) in [5, 5.41) is 9.00. The summed E-state index contributed by atoms with van der Waals surface area (Å²) in [6.45, 7) is 1.90. The molecule has 1 aromatic carbocycles. The Balaban J connectivity index is 2.92. The summed E-state index contributed by atoms with van der Waals surface area (Å²) < 4.78 is 10.6. The molecule has 0 fully saturated rings. The van der Waals surface area contributed by atoms with Crippen LogP contribution in [0.25, 0.3) is 0 Å². The van der Waals surface area contributed by atoms with Gasteiger partial charge in [-0.2, -0.15) is 0 Å². The van der Waals surface area contributed by atoms with Gasteiger partial charge < -0.3 is 26.0 Å². The Morgan fingerprint density at radius 1 is 1.39 bits per heavy atom. The highest BCUT2D eigenvalue weighted by atomic mass is 16.5. The molecule has 0 spiro atoms. The minimum absolute atomic E-state index is 0.160. The summed E-state index contributed by atoms with van der Waals surface area (Å²) >= 11 is 0. The molecular formula is C12H18N2O4. The highest BCUT2D eigenvalue weighted by Gasteiger charge is 2.11. The number of ether oxygens (including phenoxy) is 2. The van der Waals surface area contributed by atoms with Crippen molar-refractivity contribution in [2.24, 2.45) is 11.5 Å². The third-order valence-corrected chi connectivity index (χ3v) is 2.26. The molecule has 6 nitrogen and oxygen atoms in total. The molecular weight excluding hydrogens is 236 g/mol. The second-order valence-electron chi connectivity index (χ2n) is 3.68. The SMILES string of the molecule is CCOc1cc([C@H](N)CO)ccc1OCC(N)=O. The van der Waals surface area contributed by atoms with Crippen molar-refractivity contribution in [2.75, 3.05) is 19.8 Å². The molecule has 0 aromatic heterocycles. The Kier molecular flexibility index (Phi) is 5.41. The number of benzene rings is 1. The van der Waals surface area contributed by atoms with Crippen molar-refractivity contribution in [1.29, 1.82) is 0 Å². The Bertz CT molecular complexity index is 409. The number of carbonyl (C=O) groups is 1. The number of amides is 1. The molecule has 0 saturated heterocycles. The van der Waals surface area contributed by atoms with Crippen molar-refractivity contribution >= 4 is 5.91 Å². The molecule has 0 unspecified atom stereocenters. The molecule has 100 valence electrons. The summed E-state index contributed by atoms with van der Waals surface area (Å²) in [5.41, 5.74) is 11.4. The van der Waals surface area contributed by atoms with Crippen LogP contribution >= 0.6 is 0 Å². The molecule has 0 aliphatic carbocycles. The lowest BCUT2D eigenvalue weighted by molar-refractivity contribution is -0.119. The van der Waals surface area contributed by atoms with E-state index in [4.69, 9.17) is 26.0 Å². The number of hydrogen-bond acceptors (Lipinski definition) is 5. The van der Waals surface area contributed by atoms with E-state index in [1.54, 1.807) is 18.2 Å². The number of aliphatic hydroxyl groups excluding tert-OH is 1. The lowest BCUT2D eigenvalue weighted by atomic mass is 10.1. The van der Waals surface area contributed by atoms with E-state index in [-0.39, 0.29) is 13.2 Å². The Hall–Kier alpha value is -1.79. The first-order chi connectivity index (χ1) is 8.58. The first kappa shape index (κ1) is 14.3. The van der Waals surface area contributed by atoms with Crippen LogP contribution in [-0.2, 0) is 4.79 Å². The fraction of sp³-hybridized carbons (Fsp3) is 0.417. The van der Waals surface area contributed by atoms with Gasteiger partial charge in [0.15, 0.2) is 18.1 Å². The summed E-state index contributed by atoms with van der Waals surface area (Å²) in [6.07, 6.45) is 0. The van der Waals surface area contributed by atoms with Crippen LogP contribution in [0.15, 0.2) is 18.2 Å². The number of nitrogens with two attached hydrogens (primary N) is 2. The summed E-state index contributed by atoms with van der Waals surface area (Å²) in [6, 6.07) is 4.55. The van der Waals surface area contributed by atoms with Gasteiger partial charge in [0, 0.05) is 0 Å². The second-order valence-corrected chi connectivity index (χ2v) is 3.68. The molecule has 1 amide bonds. The molecule has 6 heteroatoms. The summed E-state index contributed by atoms with van der Waals surface area (Å²) in [5.74, 6) is 0.332. The van der Waals surface area contributed by atoms with Crippen LogP contribution in [0.3, 0.4) is 0 Å². The second kappa shape index (κ2) is 6.83. The van der Waals surface area contributed by atoms with Gasteiger partial charge in [0.2, 0.25) is 0 Å². The highest BCUT2D eigenvalue weighted by Crippen LogP contribution is 2.30. The van der Waals surface area contributed by atoms with Gasteiger partial charge in [-0.25, -0.2) is 0 Å². The maximum absolute atomic E-state index is 10.7. The average Bonchev–Trinajstić information content (AvgIpc) is 2.36. The minimum Gasteiger partial charge on any atom is -0.490 e. The van der Waals surface area contributed by atoms with Crippen LogP contribution in [0.4, 0.5) is 0 Å². The molecule has 0 heterocycles. The molecule has 0 aliphatic rings. The molecule has 0 radical (unpaired) electrons. The summed E-state index contributed by atoms with van der Waals surface area (Å²) in [4.78, 5) is 10.7. The third kappa shape index (κ3) is 3.90. The zero-order valence-corrected chi connectivity index (χ0v) is 10.3. The number of rotatable bonds is 7. The van der Waals surface area contributed by atoms with Gasteiger partial charge in [-0.15, -0.1) is 0 Å². The topological polar surface area (TPSA) is 108 Å². The van der Waals surface area contributed by atoms with Crippen molar-refractivity contribution < 1.29 is 19.4 Å². The zero-order chi connectivity index (χ0) is 13.5. The van der Waals surface area contributed by atoms with E-state index >= 15 is 0 Å². The van der Waals surface area contributed by atoms with Crippen molar-refractivity contribution in [3.05, 3.63) is 23.8 Å². The Morgan fingerprint density at radius 3 is 2.67 bits per heavy atom. The van der Waals surface area contributed by atoms with Gasteiger partial charge >= 0.3 is 0 Å². The largest absolute Gasteiger partial charge is 0.490 e. The quantitative estimate of drug-likeness (QED) is 0.632. The number of hydrogen-bond donors (Lipinski definition) is 3. The lowest BCUT2D eigenvalue weighted by Gasteiger charge is -2.14. The van der Waals surface area contributed by atoms with Crippen LogP contribution in [0.1, 0.15) is 18.5 Å². The first-order valence-corrected chi connectivity index (χ1v) is 5.62. The molecule has 0 aliphatic heterocycles. The monoisotopic (exact) mass is 254 g/mol. The predicted molar refractivity (Wildman–Crippen MR) is 66.3 cm³/mol. The van der Waals surface area contributed by atoms with E-state index in [1.165, 1.54) is 0 Å². The van der Waals surface area contributed by atoms with Crippen molar-refractivity contribution in [2.45, 2.75) is 13.0 Å². The maximum Gasteiger partial charge on any atom is 0.255 e. The zero-order valence-electron chi connectivity index (χ0n) is 10.3. The van der Waals surface area contributed by atoms with Gasteiger partial charge in [0.05, 0.1) is 19.3 Å². The molecule has 18 heavy (non-hydrogen) atoms. The van der Waals surface area contributed by atoms with Gasteiger partial charge in [0.25, 0.3) is 5.91 Å². The van der Waals surface area contributed by atoms with Gasteiger partial charge in [-0.05, 0) is 24.6 Å². The Morgan fingerprint density at radius 2 is 2.11 bits per heavy atom. The van der Waals surface area contributed by atoms with Gasteiger partial charge in [-0.3, -0.25) is 4.79 Å². The normalized spacial score (nSPS) is 11.9. The van der Waals surface area contributed by atoms with Crippen molar-refractivity contribution in [3.63, 3.8) is 0 Å². The van der Waals surface area contributed by atoms with E-state index in [1.807, 2.05) is 6.92 Å². The van der Waals surface area contributed by atoms with Crippen LogP contribution in [0, 0.1) is 0 Å². The van der Waals surface area contributed by atoms with E-state index < -0.39 is 11.9 Å². The highest BCUT2D eigenvalue weighted by molar-refractivity contribution is 5.75. The minimum atomic E-state index is -0.561. The molecule has 1 rings (SSSR count). The number of carbonyl (C=O) groups excluding carboxylic acids is 1. The van der Waals surface area contributed by atoms with E-state index in [2.05, 4.69) is 0 Å². The molecule has 0 saturated carbocycles. The maximum atomic E-state index is 10.7. The molecule has 5 N–H and O–H groups in total. The van der Waals surface area contributed by atoms with Gasteiger partial charge in [0.1, 0.15) is 0 Å². The average molecular weight is 254 g/mol. The fourth-order valence-electron chi connectivity index (χ4n) is 1.40. The molecule has 1 aromatic rings. The fourth-order valence-corrected chi connectivity index (χ4v) is 1.40. The van der Waals surface area contributed by atoms with E-state index in [0.29, 0.717) is 18.1 Å². The Labute approximate surface area is 105 Å². The standard InChI is InChI=1S/C12H18N2O4/c1-2-17-11-5-8(9(13)6-15)3-4-10(11)18-7-12(14)16/h3-5,9,15H,2,6-7,13H2,1H3,(H2,14,16)/t9-/m1/s1. The lowest BCUT2D eigenvalue weighted by Crippen LogP contribution is -2.20. The molecule has 1 atom stereocenters. The van der Waals surface area contributed by atoms with Crippen LogP contribution in [0.5, 0.6) is 11.5 Å². The van der Waals surface area contributed by atoms with Crippen LogP contribution in [-0.4, -0.2) is 30.8 Å². The van der Waals surface area contributed by atoms with E-state index in [9.17, 15) is 4.79 Å². The van der Waals surface area contributed by atoms with Crippen molar-refractivity contribution in [1.82, 2.24) is 0 Å². The summed E-state index contributed by atoms with van der Waals surface area (Å²) in [7, 11) is 0. The van der Waals surface area contributed by atoms with Crippen LogP contribution < -0.4 is 20.9 Å². The van der Waals surface area contributed by atoms with Crippen LogP contribution in [0.2, 0.25) is 0 Å². The molecule has 0 bridgehead atoms. The van der Waals surface area contributed by atoms with Gasteiger partial charge in [-0.1, -0.05) is 6.07 Å². The first-order valence-electron chi connectivity index (χ1n) is 5.62. The predicted octanol–water partition coefficient (Wildman–Crippen LogP) is -0.0585. The van der Waals surface area contributed by atoms with E-state index in [0.717, 1.165) is 5.56 Å².